The third-order valence-electron chi connectivity index (χ3n) is 3.56. The van der Waals surface area contributed by atoms with Gasteiger partial charge in [0.05, 0.1) is 11.1 Å². The molecule has 8 heteroatoms. The van der Waals surface area contributed by atoms with Crippen molar-refractivity contribution in [2.24, 2.45) is 4.99 Å². The first-order valence-corrected chi connectivity index (χ1v) is 6.65. The Bertz CT molecular complexity index is 662. The molecule has 0 aromatic heterocycles. The van der Waals surface area contributed by atoms with E-state index in [-0.39, 0.29) is 11.1 Å². The fourth-order valence-electron chi connectivity index (χ4n) is 2.35. The molecule has 0 saturated carbocycles. The number of imide groups is 1. The smallest absolute Gasteiger partial charge is 0.335 e. The number of amides is 2. The van der Waals surface area contributed by atoms with Crippen LogP contribution in [0.1, 0.15) is 27.6 Å². The van der Waals surface area contributed by atoms with Crippen LogP contribution in [0.25, 0.3) is 0 Å². The summed E-state index contributed by atoms with van der Waals surface area (Å²) in [5.41, 5.74) is 0.346. The number of fused-ring (bicyclic) bond motifs is 1. The molecular formula is C15H14F3N3O2. The van der Waals surface area contributed by atoms with Crippen LogP contribution < -0.4 is 0 Å². The Morgan fingerprint density at radius 2 is 1.74 bits per heavy atom. The minimum absolute atomic E-state index is 0.173. The summed E-state index contributed by atoms with van der Waals surface area (Å²) in [6.07, 6.45) is -5.15. The van der Waals surface area contributed by atoms with Crippen molar-refractivity contribution < 1.29 is 22.8 Å². The average molecular weight is 325 g/mol. The van der Waals surface area contributed by atoms with Gasteiger partial charge in [0.1, 0.15) is 6.17 Å². The van der Waals surface area contributed by atoms with Crippen LogP contribution in [0.5, 0.6) is 0 Å². The molecule has 1 aromatic rings. The normalized spacial score (nSPS) is 16.4. The zero-order valence-corrected chi connectivity index (χ0v) is 12.5. The highest BCUT2D eigenvalue weighted by Crippen LogP contribution is 2.27. The maximum Gasteiger partial charge on any atom is 0.449 e. The number of amidine groups is 1. The first-order valence-electron chi connectivity index (χ1n) is 6.65. The zero-order chi connectivity index (χ0) is 17.4. The minimum Gasteiger partial charge on any atom is -0.335 e. The molecule has 0 N–H and O–H groups in total. The SMILES string of the molecule is C=CN=C(N(C)C(C)N1C(=O)c2ccccc2C1=O)C(F)(F)F. The van der Waals surface area contributed by atoms with Crippen LogP contribution in [-0.2, 0) is 0 Å². The van der Waals surface area contributed by atoms with Crippen LogP contribution in [-0.4, -0.2) is 46.8 Å². The number of hydrogen-bond acceptors (Lipinski definition) is 3. The van der Waals surface area contributed by atoms with E-state index >= 15 is 0 Å². The summed E-state index contributed by atoms with van der Waals surface area (Å²) in [6.45, 7) is 4.48. The predicted octanol–water partition coefficient (Wildman–Crippen LogP) is 2.66. The van der Waals surface area contributed by atoms with Crippen molar-refractivity contribution in [3.8, 4) is 0 Å². The largest absolute Gasteiger partial charge is 0.449 e. The van der Waals surface area contributed by atoms with Crippen LogP contribution in [0.3, 0.4) is 0 Å². The van der Waals surface area contributed by atoms with E-state index in [0.717, 1.165) is 23.0 Å². The Balaban J connectivity index is 2.36. The van der Waals surface area contributed by atoms with E-state index in [0.29, 0.717) is 0 Å². The van der Waals surface area contributed by atoms with Gasteiger partial charge in [0.15, 0.2) is 0 Å². The molecule has 1 aliphatic heterocycles. The van der Waals surface area contributed by atoms with E-state index in [1.54, 1.807) is 12.1 Å². The van der Waals surface area contributed by atoms with Crippen molar-refractivity contribution in [2.45, 2.75) is 19.3 Å². The number of halogens is 3. The summed E-state index contributed by atoms with van der Waals surface area (Å²) in [5, 5.41) is 0. The van der Waals surface area contributed by atoms with Gasteiger partial charge in [-0.15, -0.1) is 0 Å². The van der Waals surface area contributed by atoms with Crippen LogP contribution in [0.4, 0.5) is 13.2 Å². The van der Waals surface area contributed by atoms with E-state index < -0.39 is 30.0 Å². The summed E-state index contributed by atoms with van der Waals surface area (Å²) in [7, 11) is 1.12. The molecule has 0 aliphatic carbocycles. The third-order valence-corrected chi connectivity index (χ3v) is 3.56. The molecule has 1 aromatic carbocycles. The number of carbonyl (C=O) groups is 2. The molecule has 0 saturated heterocycles. The number of nitrogens with zero attached hydrogens (tertiary/aromatic N) is 3. The molecule has 2 amide bonds. The monoisotopic (exact) mass is 325 g/mol. The van der Waals surface area contributed by atoms with Crippen LogP contribution in [0, 0.1) is 0 Å². The molecule has 23 heavy (non-hydrogen) atoms. The first-order chi connectivity index (χ1) is 10.7. The highest BCUT2D eigenvalue weighted by atomic mass is 19.4. The van der Waals surface area contributed by atoms with E-state index in [2.05, 4.69) is 11.6 Å². The molecule has 2 rings (SSSR count). The lowest BCUT2D eigenvalue weighted by Gasteiger charge is -2.33. The third kappa shape index (κ3) is 2.84. The van der Waals surface area contributed by atoms with Gasteiger partial charge in [0.2, 0.25) is 5.84 Å². The van der Waals surface area contributed by atoms with Gasteiger partial charge in [0.25, 0.3) is 11.8 Å². The molecule has 0 spiro atoms. The maximum absolute atomic E-state index is 13.1. The van der Waals surface area contributed by atoms with Gasteiger partial charge < -0.3 is 4.90 Å². The lowest BCUT2D eigenvalue weighted by atomic mass is 10.1. The highest BCUT2D eigenvalue weighted by molar-refractivity contribution is 6.21. The zero-order valence-electron chi connectivity index (χ0n) is 12.5. The molecule has 0 bridgehead atoms. The quantitative estimate of drug-likeness (QED) is 0.488. The maximum atomic E-state index is 13.1. The molecule has 122 valence electrons. The van der Waals surface area contributed by atoms with Crippen molar-refractivity contribution >= 4 is 17.6 Å². The van der Waals surface area contributed by atoms with E-state index in [1.165, 1.54) is 19.1 Å². The Kier molecular flexibility index (Phi) is 4.26. The Morgan fingerprint density at radius 1 is 1.26 bits per heavy atom. The summed E-state index contributed by atoms with van der Waals surface area (Å²) in [6, 6.07) is 6.10. The molecule has 1 unspecified atom stereocenters. The summed E-state index contributed by atoms with van der Waals surface area (Å²) in [4.78, 5) is 29.4. The number of carbonyl (C=O) groups excluding carboxylic acids is 2. The van der Waals surface area contributed by atoms with E-state index in [4.69, 9.17) is 0 Å². The molecular weight excluding hydrogens is 311 g/mol. The number of alkyl halides is 3. The van der Waals surface area contributed by atoms with Gasteiger partial charge in [-0.25, -0.2) is 4.99 Å². The van der Waals surface area contributed by atoms with Crippen molar-refractivity contribution in [3.05, 3.63) is 48.2 Å². The number of rotatable bonds is 3. The molecule has 1 heterocycles. The molecule has 0 radical (unpaired) electrons. The summed E-state index contributed by atoms with van der Waals surface area (Å²) >= 11 is 0. The second-order valence-corrected chi connectivity index (χ2v) is 4.90. The van der Waals surface area contributed by atoms with E-state index in [9.17, 15) is 22.8 Å². The van der Waals surface area contributed by atoms with Crippen molar-refractivity contribution in [1.82, 2.24) is 9.80 Å². The molecule has 1 aliphatic rings. The second kappa shape index (κ2) is 5.86. The van der Waals surface area contributed by atoms with Crippen LogP contribution in [0.2, 0.25) is 0 Å². The first kappa shape index (κ1) is 16.7. The fourth-order valence-corrected chi connectivity index (χ4v) is 2.35. The van der Waals surface area contributed by atoms with Crippen LogP contribution >= 0.6 is 0 Å². The summed E-state index contributed by atoms with van der Waals surface area (Å²) < 4.78 is 39.2. The molecule has 0 fully saturated rings. The summed E-state index contributed by atoms with van der Waals surface area (Å²) in [5.74, 6) is -2.51. The van der Waals surface area contributed by atoms with Crippen molar-refractivity contribution in [1.29, 1.82) is 0 Å². The fraction of sp³-hybridized carbons (Fsp3) is 0.267. The topological polar surface area (TPSA) is 53.0 Å². The minimum atomic E-state index is -4.74. The molecule has 1 atom stereocenters. The van der Waals surface area contributed by atoms with Gasteiger partial charge in [-0.1, -0.05) is 18.7 Å². The van der Waals surface area contributed by atoms with Gasteiger partial charge in [-0.3, -0.25) is 14.5 Å². The molecule has 5 nitrogen and oxygen atoms in total. The Labute approximate surface area is 130 Å². The standard InChI is InChI=1S/C15H14F3N3O2/c1-4-19-14(15(16,17)18)20(3)9(2)21-12(22)10-7-5-6-8-11(10)13(21)23/h4-9H,1H2,2-3H3. The Morgan fingerprint density at radius 3 is 2.13 bits per heavy atom. The van der Waals surface area contributed by atoms with Crippen molar-refractivity contribution in [3.63, 3.8) is 0 Å². The average Bonchev–Trinajstić information content (AvgIpc) is 2.74. The lowest BCUT2D eigenvalue weighted by Crippen LogP contribution is -2.53. The second-order valence-electron chi connectivity index (χ2n) is 4.90. The highest BCUT2D eigenvalue weighted by Gasteiger charge is 2.45. The van der Waals surface area contributed by atoms with Gasteiger partial charge in [0, 0.05) is 13.2 Å². The number of hydrogen-bond donors (Lipinski definition) is 0. The lowest BCUT2D eigenvalue weighted by molar-refractivity contribution is -0.0715. The van der Waals surface area contributed by atoms with Crippen molar-refractivity contribution in [2.75, 3.05) is 7.05 Å². The van der Waals surface area contributed by atoms with E-state index in [1.807, 2.05) is 0 Å². The number of aliphatic imine (C=N–C) groups is 1. The van der Waals surface area contributed by atoms with Gasteiger partial charge in [-0.05, 0) is 19.1 Å². The predicted molar refractivity (Wildman–Crippen MR) is 77.9 cm³/mol. The Hall–Kier alpha value is -2.64. The van der Waals surface area contributed by atoms with Gasteiger partial charge in [-0.2, -0.15) is 13.2 Å². The number of benzene rings is 1. The van der Waals surface area contributed by atoms with Crippen LogP contribution in [0.15, 0.2) is 42.0 Å². The van der Waals surface area contributed by atoms with Gasteiger partial charge >= 0.3 is 6.18 Å².